The molecule has 0 amide bonds. The van der Waals surface area contributed by atoms with Crippen LogP contribution in [0.1, 0.15) is 30.1 Å². The fourth-order valence-corrected chi connectivity index (χ4v) is 2.51. The van der Waals surface area contributed by atoms with Crippen LogP contribution in [-0.4, -0.2) is 30.6 Å². The summed E-state index contributed by atoms with van der Waals surface area (Å²) in [7, 11) is -3.09. The maximum atomic E-state index is 13.2. The Morgan fingerprint density at radius 3 is 2.64 bits per heavy atom. The predicted molar refractivity (Wildman–Crippen MR) is 76.2 cm³/mol. The molecule has 0 saturated heterocycles. The maximum absolute atomic E-state index is 13.2. The third-order valence-corrected chi connectivity index (χ3v) is 4.07. The summed E-state index contributed by atoms with van der Waals surface area (Å²) in [6.07, 6.45) is 1.73. The van der Waals surface area contributed by atoms with Crippen molar-refractivity contribution in [2.24, 2.45) is 0 Å². The van der Waals surface area contributed by atoms with Gasteiger partial charge in [-0.05, 0) is 24.1 Å². The Morgan fingerprint density at radius 2 is 2.00 bits per heavy atom. The van der Waals surface area contributed by atoms with Crippen LogP contribution in [-0.2, 0) is 22.7 Å². The van der Waals surface area contributed by atoms with Crippen molar-refractivity contribution in [3.05, 3.63) is 47.1 Å². The molecule has 0 aliphatic rings. The van der Waals surface area contributed by atoms with Crippen molar-refractivity contribution in [2.75, 3.05) is 12.0 Å². The van der Waals surface area contributed by atoms with Gasteiger partial charge < -0.3 is 4.52 Å². The van der Waals surface area contributed by atoms with E-state index in [0.717, 1.165) is 18.4 Å². The van der Waals surface area contributed by atoms with Crippen LogP contribution >= 0.6 is 0 Å². The molecule has 5 nitrogen and oxygen atoms in total. The standard InChI is InChI=1S/C14H16F2N2O3S/c1-9(7-10-3-4-11(15)12(16)8-10)14-17-13(18-21-14)5-6-22(2,19)20/h3-4,8-9H,5-7H2,1-2H3. The molecule has 0 radical (unpaired) electrons. The van der Waals surface area contributed by atoms with Gasteiger partial charge in [-0.25, -0.2) is 17.2 Å². The Morgan fingerprint density at radius 1 is 1.27 bits per heavy atom. The fraction of sp³-hybridized carbons (Fsp3) is 0.429. The second kappa shape index (κ2) is 6.51. The number of benzene rings is 1. The normalized spacial score (nSPS) is 13.3. The summed E-state index contributed by atoms with van der Waals surface area (Å²) >= 11 is 0. The first kappa shape index (κ1) is 16.5. The van der Waals surface area contributed by atoms with Crippen molar-refractivity contribution >= 4 is 9.84 Å². The molecule has 22 heavy (non-hydrogen) atoms. The molecule has 1 heterocycles. The number of hydrogen-bond acceptors (Lipinski definition) is 5. The van der Waals surface area contributed by atoms with Gasteiger partial charge in [-0.15, -0.1) is 0 Å². The van der Waals surface area contributed by atoms with Crippen LogP contribution in [0.25, 0.3) is 0 Å². The molecule has 120 valence electrons. The topological polar surface area (TPSA) is 73.1 Å². The summed E-state index contributed by atoms with van der Waals surface area (Å²) in [6.45, 7) is 1.81. The van der Waals surface area contributed by atoms with Crippen molar-refractivity contribution in [1.29, 1.82) is 0 Å². The molecule has 0 saturated carbocycles. The molecule has 8 heteroatoms. The van der Waals surface area contributed by atoms with E-state index in [1.807, 2.05) is 6.92 Å². The summed E-state index contributed by atoms with van der Waals surface area (Å²) in [5.74, 6) is -1.37. The van der Waals surface area contributed by atoms with Gasteiger partial charge in [-0.2, -0.15) is 4.98 Å². The van der Waals surface area contributed by atoms with Gasteiger partial charge in [-0.1, -0.05) is 18.1 Å². The molecule has 1 unspecified atom stereocenters. The number of rotatable bonds is 6. The highest BCUT2D eigenvalue weighted by Crippen LogP contribution is 2.20. The molecule has 1 aromatic heterocycles. The smallest absolute Gasteiger partial charge is 0.229 e. The minimum atomic E-state index is -3.09. The number of sulfone groups is 1. The summed E-state index contributed by atoms with van der Waals surface area (Å²) in [5.41, 5.74) is 0.613. The lowest BCUT2D eigenvalue weighted by Crippen LogP contribution is -2.07. The second-order valence-corrected chi connectivity index (χ2v) is 7.54. The van der Waals surface area contributed by atoms with Gasteiger partial charge in [0, 0.05) is 18.6 Å². The number of halogens is 2. The SMILES string of the molecule is CC(Cc1ccc(F)c(F)c1)c1nc(CCS(C)(=O)=O)no1. The van der Waals surface area contributed by atoms with Gasteiger partial charge in [0.15, 0.2) is 17.5 Å². The largest absolute Gasteiger partial charge is 0.339 e. The van der Waals surface area contributed by atoms with Crippen molar-refractivity contribution in [2.45, 2.75) is 25.7 Å². The predicted octanol–water partition coefficient (Wildman–Crippen LogP) is 2.28. The first-order valence-electron chi connectivity index (χ1n) is 6.69. The van der Waals surface area contributed by atoms with Gasteiger partial charge in [0.05, 0.1) is 5.75 Å². The van der Waals surface area contributed by atoms with Crippen LogP contribution in [0.3, 0.4) is 0 Å². The molecule has 2 rings (SSSR count). The molecule has 0 spiro atoms. The number of nitrogens with zero attached hydrogens (tertiary/aromatic N) is 2. The molecule has 1 aromatic carbocycles. The molecule has 0 aliphatic carbocycles. The van der Waals surface area contributed by atoms with Crippen molar-refractivity contribution < 1.29 is 21.7 Å². The number of aromatic nitrogens is 2. The highest BCUT2D eigenvalue weighted by atomic mass is 32.2. The lowest BCUT2D eigenvalue weighted by molar-refractivity contribution is 0.354. The van der Waals surface area contributed by atoms with Crippen molar-refractivity contribution in [3.63, 3.8) is 0 Å². The maximum Gasteiger partial charge on any atom is 0.229 e. The Bertz CT molecular complexity index is 759. The quantitative estimate of drug-likeness (QED) is 0.812. The third kappa shape index (κ3) is 4.59. The van der Waals surface area contributed by atoms with Crippen LogP contribution < -0.4 is 0 Å². The summed E-state index contributed by atoms with van der Waals surface area (Å²) in [5, 5.41) is 3.73. The highest BCUT2D eigenvalue weighted by Gasteiger charge is 2.16. The molecular weight excluding hydrogens is 314 g/mol. The lowest BCUT2D eigenvalue weighted by Gasteiger charge is -2.06. The average Bonchev–Trinajstić information content (AvgIpc) is 2.89. The van der Waals surface area contributed by atoms with Crippen LogP contribution in [0.4, 0.5) is 8.78 Å². The van der Waals surface area contributed by atoms with Gasteiger partial charge >= 0.3 is 0 Å². The monoisotopic (exact) mass is 330 g/mol. The molecule has 1 atom stereocenters. The Balaban J connectivity index is 2.02. The lowest BCUT2D eigenvalue weighted by atomic mass is 10.0. The van der Waals surface area contributed by atoms with Crippen LogP contribution in [0.2, 0.25) is 0 Å². The zero-order valence-corrected chi connectivity index (χ0v) is 13.0. The third-order valence-electron chi connectivity index (χ3n) is 3.13. The van der Waals surface area contributed by atoms with Gasteiger partial charge in [-0.3, -0.25) is 0 Å². The van der Waals surface area contributed by atoms with Gasteiger partial charge in [0.2, 0.25) is 5.89 Å². The van der Waals surface area contributed by atoms with E-state index in [0.29, 0.717) is 23.7 Å². The highest BCUT2D eigenvalue weighted by molar-refractivity contribution is 7.90. The molecule has 0 N–H and O–H groups in total. The molecule has 0 fully saturated rings. The molecule has 0 bridgehead atoms. The molecule has 0 aliphatic heterocycles. The van der Waals surface area contributed by atoms with E-state index in [2.05, 4.69) is 10.1 Å². The number of aryl methyl sites for hydroxylation is 1. The summed E-state index contributed by atoms with van der Waals surface area (Å²) in [4.78, 5) is 4.14. The zero-order valence-electron chi connectivity index (χ0n) is 12.2. The van der Waals surface area contributed by atoms with E-state index in [1.165, 1.54) is 6.07 Å². The Labute approximate surface area is 127 Å². The fourth-order valence-electron chi connectivity index (χ4n) is 1.95. The first-order chi connectivity index (χ1) is 10.2. The average molecular weight is 330 g/mol. The minimum absolute atomic E-state index is 0.0521. The van der Waals surface area contributed by atoms with Gasteiger partial charge in [0.1, 0.15) is 9.84 Å². The van der Waals surface area contributed by atoms with E-state index in [1.54, 1.807) is 0 Å². The van der Waals surface area contributed by atoms with Crippen LogP contribution in [0, 0.1) is 11.6 Å². The second-order valence-electron chi connectivity index (χ2n) is 5.28. The first-order valence-corrected chi connectivity index (χ1v) is 8.75. The van der Waals surface area contributed by atoms with Crippen molar-refractivity contribution in [1.82, 2.24) is 10.1 Å². The molecular formula is C14H16F2N2O3S. The van der Waals surface area contributed by atoms with E-state index in [-0.39, 0.29) is 18.1 Å². The van der Waals surface area contributed by atoms with Crippen molar-refractivity contribution in [3.8, 4) is 0 Å². The van der Waals surface area contributed by atoms with E-state index >= 15 is 0 Å². The Hall–Kier alpha value is -1.83. The van der Waals surface area contributed by atoms with E-state index in [9.17, 15) is 17.2 Å². The van der Waals surface area contributed by atoms with Gasteiger partial charge in [0.25, 0.3) is 0 Å². The number of hydrogen-bond donors (Lipinski definition) is 0. The zero-order chi connectivity index (χ0) is 16.3. The summed E-state index contributed by atoms with van der Waals surface area (Å²) in [6, 6.07) is 3.70. The minimum Gasteiger partial charge on any atom is -0.339 e. The van der Waals surface area contributed by atoms with Crippen LogP contribution in [0.15, 0.2) is 22.7 Å². The van der Waals surface area contributed by atoms with E-state index < -0.39 is 21.5 Å². The van der Waals surface area contributed by atoms with Crippen LogP contribution in [0.5, 0.6) is 0 Å². The van der Waals surface area contributed by atoms with E-state index in [4.69, 9.17) is 4.52 Å². The molecule has 2 aromatic rings. The summed E-state index contributed by atoms with van der Waals surface area (Å²) < 4.78 is 53.3. The Kier molecular flexibility index (Phi) is 4.90.